The van der Waals surface area contributed by atoms with Crippen LogP contribution in [0.2, 0.25) is 0 Å². The molecule has 1 aliphatic rings. The van der Waals surface area contributed by atoms with E-state index in [2.05, 4.69) is 10.3 Å². The van der Waals surface area contributed by atoms with Crippen molar-refractivity contribution < 1.29 is 13.2 Å². The molecule has 6 heteroatoms. The van der Waals surface area contributed by atoms with E-state index in [0.717, 1.165) is 11.1 Å². The number of nitrogens with zero attached hydrogens (tertiary/aromatic N) is 1. The zero-order chi connectivity index (χ0) is 14.5. The number of rotatable bonds is 1. The molecule has 2 aromatic rings. The van der Waals surface area contributed by atoms with Crippen molar-refractivity contribution in [3.05, 3.63) is 24.4 Å². The van der Waals surface area contributed by atoms with E-state index >= 15 is 0 Å². The van der Waals surface area contributed by atoms with Gasteiger partial charge in [-0.25, -0.2) is 8.42 Å². The van der Waals surface area contributed by atoms with Crippen LogP contribution in [0, 0.1) is 0 Å². The summed E-state index contributed by atoms with van der Waals surface area (Å²) >= 11 is 0. The summed E-state index contributed by atoms with van der Waals surface area (Å²) in [6.45, 7) is 3.51. The zero-order valence-corrected chi connectivity index (χ0v) is 12.4. The lowest BCUT2D eigenvalue weighted by Crippen LogP contribution is -2.41. The smallest absolute Gasteiger partial charge is 0.190 e. The molecule has 1 aliphatic heterocycles. The van der Waals surface area contributed by atoms with Gasteiger partial charge in [-0.3, -0.25) is 4.98 Å². The average molecular weight is 292 g/mol. The van der Waals surface area contributed by atoms with Gasteiger partial charge in [0.05, 0.1) is 5.52 Å². The van der Waals surface area contributed by atoms with Crippen LogP contribution in [-0.2, 0) is 9.84 Å². The molecule has 5 nitrogen and oxygen atoms in total. The highest BCUT2D eigenvalue weighted by atomic mass is 32.2. The number of pyridine rings is 1. The fourth-order valence-corrected chi connectivity index (χ4v) is 3.79. The maximum absolute atomic E-state index is 12.6. The van der Waals surface area contributed by atoms with Crippen LogP contribution in [0.3, 0.4) is 0 Å². The number of hydrogen-bond acceptors (Lipinski definition) is 5. The van der Waals surface area contributed by atoms with Gasteiger partial charge in [0, 0.05) is 30.4 Å². The van der Waals surface area contributed by atoms with Gasteiger partial charge in [0.15, 0.2) is 9.84 Å². The second-order valence-electron chi connectivity index (χ2n) is 5.48. The van der Waals surface area contributed by atoms with E-state index in [4.69, 9.17) is 4.74 Å². The fraction of sp³-hybridized carbons (Fsp3) is 0.357. The summed E-state index contributed by atoms with van der Waals surface area (Å²) in [4.78, 5) is 4.51. The van der Waals surface area contributed by atoms with Crippen molar-refractivity contribution in [3.63, 3.8) is 0 Å². The maximum atomic E-state index is 12.6. The Labute approximate surface area is 117 Å². The number of sulfone groups is 1. The molecule has 0 bridgehead atoms. The number of anilines is 1. The minimum atomic E-state index is -3.42. The highest BCUT2D eigenvalue weighted by Gasteiger charge is 2.42. The van der Waals surface area contributed by atoms with Crippen LogP contribution >= 0.6 is 0 Å². The lowest BCUT2D eigenvalue weighted by atomic mass is 10.1. The Morgan fingerprint density at radius 3 is 2.80 bits per heavy atom. The third-order valence-corrected chi connectivity index (χ3v) is 6.14. The van der Waals surface area contributed by atoms with Crippen molar-refractivity contribution in [2.24, 2.45) is 0 Å². The van der Waals surface area contributed by atoms with Crippen molar-refractivity contribution in [1.29, 1.82) is 0 Å². The first-order valence-corrected chi connectivity index (χ1v) is 7.83. The first-order chi connectivity index (χ1) is 9.37. The monoisotopic (exact) mass is 292 g/mol. The molecule has 0 aliphatic carbocycles. The van der Waals surface area contributed by atoms with Crippen LogP contribution < -0.4 is 10.1 Å². The van der Waals surface area contributed by atoms with E-state index in [1.165, 1.54) is 0 Å². The van der Waals surface area contributed by atoms with E-state index < -0.39 is 14.6 Å². The minimum absolute atomic E-state index is 0.152. The lowest BCUT2D eigenvalue weighted by molar-refractivity contribution is 0.261. The van der Waals surface area contributed by atoms with Gasteiger partial charge in [0.1, 0.15) is 22.0 Å². The Balaban J connectivity index is 2.37. The van der Waals surface area contributed by atoms with Crippen molar-refractivity contribution in [2.45, 2.75) is 23.5 Å². The summed E-state index contributed by atoms with van der Waals surface area (Å²) in [7, 11) is -1.62. The molecule has 3 rings (SSSR count). The topological polar surface area (TPSA) is 68.3 Å². The van der Waals surface area contributed by atoms with Gasteiger partial charge in [-0.15, -0.1) is 0 Å². The maximum Gasteiger partial charge on any atom is 0.190 e. The largest absolute Gasteiger partial charge is 0.490 e. The zero-order valence-electron chi connectivity index (χ0n) is 11.6. The van der Waals surface area contributed by atoms with E-state index in [0.29, 0.717) is 11.3 Å². The van der Waals surface area contributed by atoms with Crippen molar-refractivity contribution in [2.75, 3.05) is 19.0 Å². The third-order valence-electron chi connectivity index (χ3n) is 3.67. The van der Waals surface area contributed by atoms with Gasteiger partial charge in [-0.1, -0.05) is 0 Å². The second kappa shape index (κ2) is 4.09. The molecule has 0 radical (unpaired) electrons. The normalized spacial score (nSPS) is 19.1. The van der Waals surface area contributed by atoms with E-state index in [9.17, 15) is 8.42 Å². The molecule has 0 atom stereocenters. The molecule has 0 amide bonds. The van der Waals surface area contributed by atoms with Crippen molar-refractivity contribution in [1.82, 2.24) is 4.98 Å². The predicted octanol–water partition coefficient (Wildman–Crippen LogP) is 2.22. The summed E-state index contributed by atoms with van der Waals surface area (Å²) < 4.78 is 30.0. The molecule has 1 aromatic heterocycles. The number of hydrogen-bond donors (Lipinski definition) is 1. The molecule has 2 heterocycles. The SMILES string of the molecule is CNc1ccnc2cc3c(cc12)S(=O)(=O)C(C)(C)CO3. The first-order valence-electron chi connectivity index (χ1n) is 6.35. The van der Waals surface area contributed by atoms with Crippen LogP contribution in [-0.4, -0.2) is 31.8 Å². The molecule has 0 saturated carbocycles. The summed E-state index contributed by atoms with van der Waals surface area (Å²) in [5, 5.41) is 3.83. The molecule has 1 aromatic carbocycles. The van der Waals surface area contributed by atoms with Crippen LogP contribution in [0.1, 0.15) is 13.8 Å². The first kappa shape index (κ1) is 13.2. The van der Waals surface area contributed by atoms with Crippen LogP contribution in [0.4, 0.5) is 5.69 Å². The fourth-order valence-electron chi connectivity index (χ4n) is 2.32. The van der Waals surface area contributed by atoms with Crippen LogP contribution in [0.15, 0.2) is 29.3 Å². The van der Waals surface area contributed by atoms with Gasteiger partial charge >= 0.3 is 0 Å². The summed E-state index contributed by atoms with van der Waals surface area (Å²) in [6, 6.07) is 5.16. The number of aromatic nitrogens is 1. The number of benzene rings is 1. The van der Waals surface area contributed by atoms with E-state index in [1.807, 2.05) is 6.07 Å². The Morgan fingerprint density at radius 2 is 2.10 bits per heavy atom. The molecule has 0 unspecified atom stereocenters. The number of ether oxygens (including phenoxy) is 1. The molecule has 106 valence electrons. The van der Waals surface area contributed by atoms with E-state index in [1.54, 1.807) is 39.2 Å². The van der Waals surface area contributed by atoms with Gasteiger partial charge in [-0.05, 0) is 26.0 Å². The quantitative estimate of drug-likeness (QED) is 0.873. The van der Waals surface area contributed by atoms with Gasteiger partial charge in [0.25, 0.3) is 0 Å². The Bertz CT molecular complexity index is 797. The lowest BCUT2D eigenvalue weighted by Gasteiger charge is -2.31. The molecular formula is C14H16N2O3S. The van der Waals surface area contributed by atoms with Gasteiger partial charge in [-0.2, -0.15) is 0 Å². The summed E-state index contributed by atoms with van der Waals surface area (Å²) in [6.07, 6.45) is 1.68. The predicted molar refractivity (Wildman–Crippen MR) is 78.0 cm³/mol. The molecule has 1 N–H and O–H groups in total. The highest BCUT2D eigenvalue weighted by molar-refractivity contribution is 7.93. The van der Waals surface area contributed by atoms with Crippen molar-refractivity contribution in [3.8, 4) is 5.75 Å². The third kappa shape index (κ3) is 1.67. The molecule has 0 fully saturated rings. The molecule has 0 saturated heterocycles. The number of fused-ring (bicyclic) bond motifs is 2. The van der Waals surface area contributed by atoms with Crippen molar-refractivity contribution >= 4 is 26.4 Å². The number of nitrogens with one attached hydrogen (secondary N) is 1. The van der Waals surface area contributed by atoms with E-state index in [-0.39, 0.29) is 11.5 Å². The Hall–Kier alpha value is -1.82. The van der Waals surface area contributed by atoms with Crippen LogP contribution in [0.5, 0.6) is 5.75 Å². The van der Waals surface area contributed by atoms with Crippen LogP contribution in [0.25, 0.3) is 10.9 Å². The summed E-state index contributed by atoms with van der Waals surface area (Å²) in [5.74, 6) is 0.387. The highest BCUT2D eigenvalue weighted by Crippen LogP contribution is 2.40. The van der Waals surface area contributed by atoms with Gasteiger partial charge in [0.2, 0.25) is 0 Å². The molecule has 20 heavy (non-hydrogen) atoms. The Kier molecular flexibility index (Phi) is 2.69. The van der Waals surface area contributed by atoms with Gasteiger partial charge < -0.3 is 10.1 Å². The standard InChI is InChI=1S/C14H16N2O3S/c1-14(2)8-19-12-7-11-9(6-13(12)20(14,17)18)10(15-3)4-5-16-11/h4-7H,8H2,1-3H3,(H,15,16). The minimum Gasteiger partial charge on any atom is -0.490 e. The summed E-state index contributed by atoms with van der Waals surface area (Å²) in [5.41, 5.74) is 1.56. The Morgan fingerprint density at radius 1 is 1.35 bits per heavy atom. The second-order valence-corrected chi connectivity index (χ2v) is 8.03. The molecule has 0 spiro atoms. The average Bonchev–Trinajstić information content (AvgIpc) is 2.41. The molecular weight excluding hydrogens is 276 g/mol.